The highest BCUT2D eigenvalue weighted by molar-refractivity contribution is 5.79. The fraction of sp³-hybridized carbons (Fsp3) is 0.588. The van der Waals surface area contributed by atoms with Gasteiger partial charge < -0.3 is 10.4 Å². The summed E-state index contributed by atoms with van der Waals surface area (Å²) >= 11 is 0. The van der Waals surface area contributed by atoms with Gasteiger partial charge >= 0.3 is 6.18 Å². The van der Waals surface area contributed by atoms with E-state index < -0.39 is 18.0 Å². The van der Waals surface area contributed by atoms with Crippen molar-refractivity contribution in [3.63, 3.8) is 0 Å². The average Bonchev–Trinajstić information content (AvgIpc) is 2.54. The quantitative estimate of drug-likeness (QED) is 0.867. The summed E-state index contributed by atoms with van der Waals surface area (Å²) in [4.78, 5) is 12.4. The van der Waals surface area contributed by atoms with Crippen LogP contribution in [0.15, 0.2) is 30.3 Å². The number of hydrogen-bond donors (Lipinski definition) is 2. The molecule has 3 unspecified atom stereocenters. The Morgan fingerprint density at radius 1 is 1.26 bits per heavy atom. The second kappa shape index (κ2) is 7.81. The number of benzene rings is 1. The minimum atomic E-state index is -4.23. The SMILES string of the molecule is O=C(NC(CCO)c1ccccc1)C1CCCC(C(F)(F)F)C1. The van der Waals surface area contributed by atoms with Crippen molar-refractivity contribution in [2.24, 2.45) is 11.8 Å². The van der Waals surface area contributed by atoms with E-state index in [0.717, 1.165) is 5.56 Å². The summed E-state index contributed by atoms with van der Waals surface area (Å²) < 4.78 is 38.6. The molecule has 0 aliphatic heterocycles. The molecular weight excluding hydrogens is 307 g/mol. The predicted octanol–water partition coefficient (Wildman–Crippen LogP) is 3.60. The Morgan fingerprint density at radius 2 is 1.96 bits per heavy atom. The van der Waals surface area contributed by atoms with Gasteiger partial charge in [0.2, 0.25) is 5.91 Å². The summed E-state index contributed by atoms with van der Waals surface area (Å²) in [5.74, 6) is -2.35. The van der Waals surface area contributed by atoms with Crippen LogP contribution in [0.1, 0.15) is 43.7 Å². The standard InChI is InChI=1S/C17H22F3NO2/c18-17(19,20)14-8-4-7-13(11-14)16(23)21-15(9-10-22)12-5-2-1-3-6-12/h1-3,5-6,13-15,22H,4,7-11H2,(H,21,23). The highest BCUT2D eigenvalue weighted by Crippen LogP contribution is 2.40. The Bertz CT molecular complexity index is 504. The third-order valence-corrected chi connectivity index (χ3v) is 4.44. The topological polar surface area (TPSA) is 49.3 Å². The lowest BCUT2D eigenvalue weighted by Gasteiger charge is -2.31. The summed E-state index contributed by atoms with van der Waals surface area (Å²) in [5.41, 5.74) is 0.845. The van der Waals surface area contributed by atoms with E-state index in [-0.39, 0.29) is 31.4 Å². The van der Waals surface area contributed by atoms with Gasteiger partial charge in [0, 0.05) is 12.5 Å². The molecule has 1 saturated carbocycles. The van der Waals surface area contributed by atoms with Gasteiger partial charge in [-0.3, -0.25) is 4.79 Å². The maximum Gasteiger partial charge on any atom is 0.391 e. The van der Waals surface area contributed by atoms with Crippen molar-refractivity contribution in [2.45, 2.75) is 44.3 Å². The zero-order valence-electron chi connectivity index (χ0n) is 12.9. The molecule has 3 nitrogen and oxygen atoms in total. The van der Waals surface area contributed by atoms with Crippen LogP contribution in [0.2, 0.25) is 0 Å². The number of aliphatic hydroxyl groups excluding tert-OH is 1. The molecule has 1 amide bonds. The number of carbonyl (C=O) groups excluding carboxylic acids is 1. The van der Waals surface area contributed by atoms with Crippen LogP contribution in [0.25, 0.3) is 0 Å². The van der Waals surface area contributed by atoms with E-state index in [2.05, 4.69) is 5.32 Å². The number of rotatable bonds is 5. The first-order chi connectivity index (χ1) is 10.9. The molecule has 1 aliphatic rings. The third kappa shape index (κ3) is 4.96. The van der Waals surface area contributed by atoms with E-state index in [0.29, 0.717) is 19.3 Å². The Morgan fingerprint density at radius 3 is 2.57 bits per heavy atom. The van der Waals surface area contributed by atoms with Crippen molar-refractivity contribution >= 4 is 5.91 Å². The molecule has 3 atom stereocenters. The summed E-state index contributed by atoms with van der Waals surface area (Å²) in [6.45, 7) is -0.102. The first kappa shape index (κ1) is 17.8. The van der Waals surface area contributed by atoms with Crippen LogP contribution in [-0.2, 0) is 4.79 Å². The van der Waals surface area contributed by atoms with Crippen LogP contribution in [0.4, 0.5) is 13.2 Å². The van der Waals surface area contributed by atoms with Gasteiger partial charge in [0.1, 0.15) is 0 Å². The number of carbonyl (C=O) groups is 1. The average molecular weight is 329 g/mol. The van der Waals surface area contributed by atoms with Crippen molar-refractivity contribution < 1.29 is 23.1 Å². The molecule has 1 aromatic rings. The fourth-order valence-electron chi connectivity index (χ4n) is 3.15. The summed E-state index contributed by atoms with van der Waals surface area (Å²) in [6.07, 6.45) is -3.03. The van der Waals surface area contributed by atoms with E-state index in [1.165, 1.54) is 0 Å². The largest absolute Gasteiger partial charge is 0.396 e. The lowest BCUT2D eigenvalue weighted by atomic mass is 9.80. The number of aliphatic hydroxyl groups is 1. The molecule has 2 N–H and O–H groups in total. The summed E-state index contributed by atoms with van der Waals surface area (Å²) in [7, 11) is 0. The number of alkyl halides is 3. The van der Waals surface area contributed by atoms with Crippen molar-refractivity contribution in [2.75, 3.05) is 6.61 Å². The van der Waals surface area contributed by atoms with Gasteiger partial charge in [0.15, 0.2) is 0 Å². The van der Waals surface area contributed by atoms with Crippen molar-refractivity contribution in [3.05, 3.63) is 35.9 Å². The predicted molar refractivity (Wildman–Crippen MR) is 80.5 cm³/mol. The summed E-state index contributed by atoms with van der Waals surface area (Å²) in [6, 6.07) is 8.79. The maximum absolute atomic E-state index is 12.9. The molecule has 1 aromatic carbocycles. The molecule has 128 valence electrons. The van der Waals surface area contributed by atoms with Crippen molar-refractivity contribution in [1.82, 2.24) is 5.32 Å². The van der Waals surface area contributed by atoms with Gasteiger partial charge in [0.05, 0.1) is 12.0 Å². The van der Waals surface area contributed by atoms with Gasteiger partial charge in [-0.25, -0.2) is 0 Å². The molecule has 0 bridgehead atoms. The lowest BCUT2D eigenvalue weighted by molar-refractivity contribution is -0.186. The minimum absolute atomic E-state index is 0.102. The smallest absolute Gasteiger partial charge is 0.391 e. The Kier molecular flexibility index (Phi) is 6.04. The fourth-order valence-corrected chi connectivity index (χ4v) is 3.15. The molecule has 0 radical (unpaired) electrons. The summed E-state index contributed by atoms with van der Waals surface area (Å²) in [5, 5.41) is 12.0. The monoisotopic (exact) mass is 329 g/mol. The highest BCUT2D eigenvalue weighted by Gasteiger charge is 2.43. The number of nitrogens with one attached hydrogen (secondary N) is 1. The molecular formula is C17H22F3NO2. The maximum atomic E-state index is 12.9. The van der Waals surface area contributed by atoms with Gasteiger partial charge in [0.25, 0.3) is 0 Å². The zero-order chi connectivity index (χ0) is 16.9. The first-order valence-corrected chi connectivity index (χ1v) is 7.94. The van der Waals surface area contributed by atoms with Crippen LogP contribution < -0.4 is 5.32 Å². The highest BCUT2D eigenvalue weighted by atomic mass is 19.4. The third-order valence-electron chi connectivity index (χ3n) is 4.44. The van der Waals surface area contributed by atoms with E-state index in [1.54, 1.807) is 0 Å². The van der Waals surface area contributed by atoms with E-state index in [4.69, 9.17) is 5.11 Å². The first-order valence-electron chi connectivity index (χ1n) is 7.94. The second-order valence-corrected chi connectivity index (χ2v) is 6.09. The number of hydrogen-bond acceptors (Lipinski definition) is 2. The van der Waals surface area contributed by atoms with Crippen molar-refractivity contribution in [3.8, 4) is 0 Å². The normalized spacial score (nSPS) is 23.3. The molecule has 0 heterocycles. The van der Waals surface area contributed by atoms with Gasteiger partial charge in [-0.1, -0.05) is 36.8 Å². The molecule has 6 heteroatoms. The van der Waals surface area contributed by atoms with Crippen LogP contribution in [-0.4, -0.2) is 23.8 Å². The van der Waals surface area contributed by atoms with Gasteiger partial charge in [-0.05, 0) is 31.2 Å². The van der Waals surface area contributed by atoms with Crippen molar-refractivity contribution in [1.29, 1.82) is 0 Å². The zero-order valence-corrected chi connectivity index (χ0v) is 12.9. The molecule has 1 aliphatic carbocycles. The number of amides is 1. The van der Waals surface area contributed by atoms with Gasteiger partial charge in [-0.15, -0.1) is 0 Å². The van der Waals surface area contributed by atoms with E-state index >= 15 is 0 Å². The Labute approximate surface area is 133 Å². The minimum Gasteiger partial charge on any atom is -0.396 e. The van der Waals surface area contributed by atoms with Crippen LogP contribution in [0.5, 0.6) is 0 Å². The Balaban J connectivity index is 2.01. The van der Waals surface area contributed by atoms with Gasteiger partial charge in [-0.2, -0.15) is 13.2 Å². The van der Waals surface area contributed by atoms with Crippen LogP contribution in [0.3, 0.4) is 0 Å². The second-order valence-electron chi connectivity index (χ2n) is 6.09. The van der Waals surface area contributed by atoms with Crippen LogP contribution in [0, 0.1) is 11.8 Å². The molecule has 0 saturated heterocycles. The van der Waals surface area contributed by atoms with E-state index in [1.807, 2.05) is 30.3 Å². The molecule has 0 spiro atoms. The molecule has 1 fully saturated rings. The Hall–Kier alpha value is -1.56. The number of halogens is 3. The molecule has 23 heavy (non-hydrogen) atoms. The van der Waals surface area contributed by atoms with Crippen LogP contribution >= 0.6 is 0 Å². The lowest BCUT2D eigenvalue weighted by Crippen LogP contribution is -2.39. The van der Waals surface area contributed by atoms with E-state index in [9.17, 15) is 18.0 Å². The molecule has 2 rings (SSSR count). The molecule has 0 aromatic heterocycles.